The second-order valence-corrected chi connectivity index (χ2v) is 12.2. The smallest absolute Gasteiger partial charge is 0.235 e. The maximum atomic E-state index is 14.9. The van der Waals surface area contributed by atoms with E-state index in [2.05, 4.69) is 14.8 Å². The van der Waals surface area contributed by atoms with Gasteiger partial charge in [-0.3, -0.25) is 9.52 Å². The van der Waals surface area contributed by atoms with Gasteiger partial charge in [0.25, 0.3) is 0 Å². The van der Waals surface area contributed by atoms with Crippen molar-refractivity contribution in [2.24, 2.45) is 0 Å². The molecule has 0 bridgehead atoms. The third-order valence-corrected chi connectivity index (χ3v) is 9.18. The van der Waals surface area contributed by atoms with Crippen molar-refractivity contribution in [1.82, 2.24) is 14.8 Å². The molecule has 13 heteroatoms. The van der Waals surface area contributed by atoms with Crippen LogP contribution in [0.25, 0.3) is 16.6 Å². The molecule has 4 N–H and O–H groups in total. The van der Waals surface area contributed by atoms with Gasteiger partial charge in [0, 0.05) is 24.1 Å². The molecular formula is C30H27F2N5O5S. The molecule has 1 saturated heterocycles. The van der Waals surface area contributed by atoms with E-state index in [1.807, 2.05) is 0 Å². The standard InChI is InChI=1S/C30H27F2N5O5S/c1-17-12-19(42-28-5-3-2-4-22(28)31)6-7-27(17)37-30(33)21(16-34-37)29(38)26-14-18-13-23(32)25(15-24(18)35-26)36-43(39,40)20-8-10-41-11-9-20/h2-7,12-16,20,35-36H,8-11,33H2,1H3. The first kappa shape index (κ1) is 28.4. The summed E-state index contributed by atoms with van der Waals surface area (Å²) >= 11 is 0. The van der Waals surface area contributed by atoms with Crippen LogP contribution in [0.5, 0.6) is 11.5 Å². The minimum absolute atomic E-state index is 0.0746. The van der Waals surface area contributed by atoms with Gasteiger partial charge in [-0.05, 0) is 73.9 Å². The lowest BCUT2D eigenvalue weighted by Crippen LogP contribution is -2.33. The molecule has 222 valence electrons. The Hall–Kier alpha value is -4.75. The molecule has 0 unspecified atom stereocenters. The lowest BCUT2D eigenvalue weighted by atomic mass is 10.1. The fourth-order valence-electron chi connectivity index (χ4n) is 5.03. The Morgan fingerprint density at radius 1 is 1.09 bits per heavy atom. The van der Waals surface area contributed by atoms with E-state index in [-0.39, 0.29) is 28.5 Å². The number of sulfonamides is 1. The zero-order valence-electron chi connectivity index (χ0n) is 22.9. The molecule has 0 aliphatic carbocycles. The van der Waals surface area contributed by atoms with Crippen molar-refractivity contribution in [1.29, 1.82) is 0 Å². The zero-order chi connectivity index (χ0) is 30.3. The molecule has 1 aliphatic rings. The number of anilines is 2. The Labute approximate surface area is 245 Å². The summed E-state index contributed by atoms with van der Waals surface area (Å²) in [5, 5.41) is 3.99. The highest BCUT2D eigenvalue weighted by molar-refractivity contribution is 7.93. The number of H-pyrrole nitrogens is 1. The first-order valence-electron chi connectivity index (χ1n) is 13.4. The summed E-state index contributed by atoms with van der Waals surface area (Å²) in [6, 6.07) is 15.0. The molecule has 10 nitrogen and oxygen atoms in total. The number of ketones is 1. The molecule has 3 heterocycles. The number of nitrogens with two attached hydrogens (primary N) is 1. The van der Waals surface area contributed by atoms with Crippen LogP contribution in [-0.2, 0) is 14.8 Å². The lowest BCUT2D eigenvalue weighted by molar-refractivity contribution is 0.0984. The first-order valence-corrected chi connectivity index (χ1v) is 15.0. The van der Waals surface area contributed by atoms with Gasteiger partial charge in [-0.1, -0.05) is 12.1 Å². The van der Waals surface area contributed by atoms with E-state index < -0.39 is 32.7 Å². The van der Waals surface area contributed by atoms with Crippen molar-refractivity contribution in [3.63, 3.8) is 0 Å². The number of nitrogens with one attached hydrogen (secondary N) is 2. The second-order valence-electron chi connectivity index (χ2n) is 10.2. The number of hydrogen-bond donors (Lipinski definition) is 3. The van der Waals surface area contributed by atoms with Crippen LogP contribution in [0.1, 0.15) is 34.5 Å². The predicted molar refractivity (Wildman–Crippen MR) is 157 cm³/mol. The summed E-state index contributed by atoms with van der Waals surface area (Å²) in [6.07, 6.45) is 1.97. The highest BCUT2D eigenvalue weighted by Gasteiger charge is 2.29. The third-order valence-electron chi connectivity index (χ3n) is 7.32. The summed E-state index contributed by atoms with van der Waals surface area (Å²) < 4.78 is 69.1. The van der Waals surface area contributed by atoms with Crippen molar-refractivity contribution in [2.75, 3.05) is 23.7 Å². The number of nitrogen functional groups attached to an aromatic ring is 1. The summed E-state index contributed by atoms with van der Waals surface area (Å²) in [7, 11) is -3.84. The number of ether oxygens (including phenoxy) is 2. The molecule has 0 atom stereocenters. The number of nitrogens with zero attached hydrogens (tertiary/aromatic N) is 2. The van der Waals surface area contributed by atoms with Crippen molar-refractivity contribution in [3.8, 4) is 17.2 Å². The van der Waals surface area contributed by atoms with Crippen LogP contribution < -0.4 is 15.2 Å². The largest absolute Gasteiger partial charge is 0.454 e. The van der Waals surface area contributed by atoms with Crippen LogP contribution in [0.2, 0.25) is 0 Å². The minimum Gasteiger partial charge on any atom is -0.454 e. The predicted octanol–water partition coefficient (Wildman–Crippen LogP) is 5.47. The number of carbonyl (C=O) groups excluding carboxylic acids is 1. The summed E-state index contributed by atoms with van der Waals surface area (Å²) in [5.41, 5.74) is 8.01. The molecule has 1 aliphatic heterocycles. The number of aromatic nitrogens is 3. The Morgan fingerprint density at radius 2 is 1.86 bits per heavy atom. The lowest BCUT2D eigenvalue weighted by Gasteiger charge is -2.22. The molecule has 0 spiro atoms. The van der Waals surface area contributed by atoms with Crippen LogP contribution in [0.3, 0.4) is 0 Å². The zero-order valence-corrected chi connectivity index (χ0v) is 23.8. The van der Waals surface area contributed by atoms with Gasteiger partial charge < -0.3 is 20.2 Å². The highest BCUT2D eigenvalue weighted by atomic mass is 32.2. The summed E-state index contributed by atoms with van der Waals surface area (Å²) in [5.74, 6) is -1.17. The van der Waals surface area contributed by atoms with E-state index in [1.165, 1.54) is 35.1 Å². The molecule has 1 fully saturated rings. The maximum Gasteiger partial charge on any atom is 0.235 e. The summed E-state index contributed by atoms with van der Waals surface area (Å²) in [6.45, 7) is 2.44. The van der Waals surface area contributed by atoms with Crippen LogP contribution >= 0.6 is 0 Å². The molecule has 0 amide bonds. The van der Waals surface area contributed by atoms with Gasteiger partial charge in [0.1, 0.15) is 17.4 Å². The van der Waals surface area contributed by atoms with Gasteiger partial charge in [-0.2, -0.15) is 5.10 Å². The monoisotopic (exact) mass is 607 g/mol. The number of hydrogen-bond acceptors (Lipinski definition) is 7. The third kappa shape index (κ3) is 5.56. The number of aromatic amines is 1. The van der Waals surface area contributed by atoms with Crippen molar-refractivity contribution in [3.05, 3.63) is 95.3 Å². The van der Waals surface area contributed by atoms with Gasteiger partial charge in [0.15, 0.2) is 11.6 Å². The summed E-state index contributed by atoms with van der Waals surface area (Å²) in [4.78, 5) is 16.4. The SMILES string of the molecule is Cc1cc(Oc2ccccc2F)ccc1-n1ncc(C(=O)c2cc3cc(F)c(NS(=O)(=O)C4CCOCC4)cc3[nH]2)c1N. The number of carbonyl (C=O) groups is 1. The van der Waals surface area contributed by atoms with Crippen LogP contribution in [0.15, 0.2) is 66.9 Å². The van der Waals surface area contributed by atoms with Crippen molar-refractivity contribution < 1.29 is 31.5 Å². The van der Waals surface area contributed by atoms with Gasteiger partial charge in [-0.25, -0.2) is 21.9 Å². The molecule has 2 aromatic heterocycles. The van der Waals surface area contributed by atoms with Gasteiger partial charge in [0.05, 0.1) is 34.1 Å². The maximum absolute atomic E-state index is 14.9. The van der Waals surface area contributed by atoms with E-state index in [4.69, 9.17) is 15.2 Å². The Bertz CT molecular complexity index is 1970. The van der Waals surface area contributed by atoms with Crippen LogP contribution in [-0.4, -0.2) is 47.4 Å². The minimum atomic E-state index is -3.84. The quantitative estimate of drug-likeness (QED) is 0.199. The van der Waals surface area contributed by atoms with Crippen molar-refractivity contribution in [2.45, 2.75) is 25.0 Å². The normalized spacial score (nSPS) is 14.2. The molecule has 6 rings (SSSR count). The molecule has 43 heavy (non-hydrogen) atoms. The topological polar surface area (TPSA) is 141 Å². The molecule has 5 aromatic rings. The fraction of sp³-hybridized carbons (Fsp3) is 0.200. The highest BCUT2D eigenvalue weighted by Crippen LogP contribution is 2.31. The molecule has 0 radical (unpaired) electrons. The number of rotatable bonds is 8. The number of aryl methyl sites for hydroxylation is 1. The number of para-hydroxylation sites is 1. The average molecular weight is 608 g/mol. The Morgan fingerprint density at radius 3 is 2.60 bits per heavy atom. The van der Waals surface area contributed by atoms with E-state index in [1.54, 1.807) is 37.3 Å². The van der Waals surface area contributed by atoms with Gasteiger partial charge in [-0.15, -0.1) is 0 Å². The fourth-order valence-corrected chi connectivity index (χ4v) is 6.47. The van der Waals surface area contributed by atoms with Gasteiger partial charge >= 0.3 is 0 Å². The molecule has 3 aromatic carbocycles. The second kappa shape index (κ2) is 11.2. The average Bonchev–Trinajstić information content (AvgIpc) is 3.57. The Balaban J connectivity index is 1.24. The molecular weight excluding hydrogens is 580 g/mol. The van der Waals surface area contributed by atoms with E-state index >= 15 is 0 Å². The number of halogens is 2. The van der Waals surface area contributed by atoms with E-state index in [0.717, 1.165) is 6.07 Å². The van der Waals surface area contributed by atoms with Gasteiger partial charge in [0.2, 0.25) is 15.8 Å². The Kier molecular flexibility index (Phi) is 7.36. The first-order chi connectivity index (χ1) is 20.6. The van der Waals surface area contributed by atoms with Crippen LogP contribution in [0, 0.1) is 18.6 Å². The molecule has 0 saturated carbocycles. The van der Waals surface area contributed by atoms with Crippen molar-refractivity contribution >= 4 is 38.2 Å². The van der Waals surface area contributed by atoms with E-state index in [0.29, 0.717) is 54.0 Å². The number of benzene rings is 3. The van der Waals surface area contributed by atoms with E-state index in [9.17, 15) is 22.0 Å². The number of fused-ring (bicyclic) bond motifs is 1. The van der Waals surface area contributed by atoms with Crippen LogP contribution in [0.4, 0.5) is 20.3 Å².